The highest BCUT2D eigenvalue weighted by atomic mass is 32.1. The minimum atomic E-state index is -3.18. The van der Waals surface area contributed by atoms with Crippen molar-refractivity contribution in [2.75, 3.05) is 0 Å². The van der Waals surface area contributed by atoms with Crippen molar-refractivity contribution in [2.24, 2.45) is 0 Å². The van der Waals surface area contributed by atoms with Gasteiger partial charge in [0, 0.05) is 38.8 Å². The van der Waals surface area contributed by atoms with Crippen molar-refractivity contribution in [1.29, 1.82) is 0 Å². The van der Waals surface area contributed by atoms with Gasteiger partial charge in [-0.2, -0.15) is 0 Å². The summed E-state index contributed by atoms with van der Waals surface area (Å²) in [6, 6.07) is 22.9. The number of fused-ring (bicyclic) bond motifs is 1. The number of nitrogens with zero attached hydrogens (tertiary/aromatic N) is 1. The summed E-state index contributed by atoms with van der Waals surface area (Å²) in [6.45, 7) is 0. The van der Waals surface area contributed by atoms with Crippen molar-refractivity contribution in [2.45, 2.75) is 6.16 Å². The molecule has 0 N–H and O–H groups in total. The first kappa shape index (κ1) is 21.6. The molecule has 0 fully saturated rings. The molecule has 5 rings (SSSR count). The molecule has 0 unspecified atom stereocenters. The van der Waals surface area contributed by atoms with Crippen LogP contribution in [0, 0.1) is 17.5 Å². The average Bonchev–Trinajstić information content (AvgIpc) is 3.38. The molecular weight excluding hydrogens is 462 g/mol. The Morgan fingerprint density at radius 3 is 2.03 bits per heavy atom. The van der Waals surface area contributed by atoms with E-state index in [1.54, 1.807) is 0 Å². The van der Waals surface area contributed by atoms with Gasteiger partial charge in [0.25, 0.3) is 0 Å². The fraction of sp³-hybridized carbons (Fsp3) is 0.0385. The Bertz CT molecular complexity index is 1450. The Morgan fingerprint density at radius 2 is 1.45 bits per heavy atom. The van der Waals surface area contributed by atoms with Gasteiger partial charge in [0.1, 0.15) is 12.7 Å². The van der Waals surface area contributed by atoms with Gasteiger partial charge in [0.05, 0.1) is 0 Å². The highest BCUT2D eigenvalue weighted by Crippen LogP contribution is 2.49. The van der Waals surface area contributed by atoms with Gasteiger partial charge in [0.15, 0.2) is 17.5 Å². The summed E-state index contributed by atoms with van der Waals surface area (Å²) in [4.78, 5) is 4.86. The summed E-state index contributed by atoms with van der Waals surface area (Å²) in [7, 11) is -3.18. The van der Waals surface area contributed by atoms with Crippen molar-refractivity contribution in [3.63, 3.8) is 0 Å². The van der Waals surface area contributed by atoms with E-state index in [9.17, 15) is 17.7 Å². The number of aromatic nitrogens is 1. The van der Waals surface area contributed by atoms with Crippen molar-refractivity contribution in [3.8, 4) is 10.4 Å². The molecule has 2 heterocycles. The lowest BCUT2D eigenvalue weighted by Gasteiger charge is -2.21. The maximum atomic E-state index is 14.6. The summed E-state index contributed by atoms with van der Waals surface area (Å²) in [5.41, 5.74) is 0.835. The Labute approximate surface area is 192 Å². The summed E-state index contributed by atoms with van der Waals surface area (Å²) < 4.78 is 57.3. The van der Waals surface area contributed by atoms with Crippen molar-refractivity contribution in [3.05, 3.63) is 113 Å². The van der Waals surface area contributed by atoms with E-state index in [0.717, 1.165) is 10.9 Å². The first-order valence-electron chi connectivity index (χ1n) is 10.2. The number of pyridine rings is 1. The molecule has 3 aromatic carbocycles. The molecule has 2 nitrogen and oxygen atoms in total. The molecule has 0 radical (unpaired) electrons. The van der Waals surface area contributed by atoms with Crippen LogP contribution in [-0.4, -0.2) is 4.98 Å². The second-order valence-corrected chi connectivity index (χ2v) is 11.4. The molecule has 0 saturated heterocycles. The predicted molar refractivity (Wildman–Crippen MR) is 128 cm³/mol. The Kier molecular flexibility index (Phi) is 5.65. The first-order chi connectivity index (χ1) is 16.0. The van der Waals surface area contributed by atoms with Crippen LogP contribution < -0.4 is 10.6 Å². The predicted octanol–water partition coefficient (Wildman–Crippen LogP) is 6.89. The molecule has 0 spiro atoms. The van der Waals surface area contributed by atoms with Crippen LogP contribution in [0.2, 0.25) is 0 Å². The van der Waals surface area contributed by atoms with Gasteiger partial charge in [-0.05, 0) is 23.1 Å². The maximum Gasteiger partial charge on any atom is 0.196 e. The summed E-state index contributed by atoms with van der Waals surface area (Å²) >= 11 is 1.38. The van der Waals surface area contributed by atoms with Gasteiger partial charge in [0.2, 0.25) is 0 Å². The van der Waals surface area contributed by atoms with E-state index in [1.807, 2.05) is 78.2 Å². The van der Waals surface area contributed by atoms with Gasteiger partial charge in [-0.25, -0.2) is 13.2 Å². The van der Waals surface area contributed by atoms with Crippen LogP contribution in [0.5, 0.6) is 0 Å². The molecule has 33 heavy (non-hydrogen) atoms. The zero-order valence-electron chi connectivity index (χ0n) is 17.2. The Hall–Kier alpha value is -3.21. The van der Waals surface area contributed by atoms with E-state index < -0.39 is 24.6 Å². The minimum Gasteiger partial charge on any atom is -0.313 e. The van der Waals surface area contributed by atoms with Crippen molar-refractivity contribution >= 4 is 40.0 Å². The molecule has 0 atom stereocenters. The van der Waals surface area contributed by atoms with E-state index in [-0.39, 0.29) is 17.1 Å². The fourth-order valence-corrected chi connectivity index (χ4v) is 7.53. The molecule has 0 saturated carbocycles. The summed E-state index contributed by atoms with van der Waals surface area (Å²) in [5, 5.41) is 3.34. The molecule has 164 valence electrons. The van der Waals surface area contributed by atoms with Crippen LogP contribution in [0.4, 0.5) is 13.2 Å². The number of halogens is 3. The lowest BCUT2D eigenvalue weighted by atomic mass is 10.0. The third kappa shape index (κ3) is 3.79. The highest BCUT2D eigenvalue weighted by molar-refractivity contribution is 7.78. The maximum absolute atomic E-state index is 14.6. The third-order valence-electron chi connectivity index (χ3n) is 5.58. The Morgan fingerprint density at radius 1 is 0.818 bits per heavy atom. The van der Waals surface area contributed by atoms with Gasteiger partial charge in [-0.15, -0.1) is 11.3 Å². The van der Waals surface area contributed by atoms with Crippen LogP contribution in [0.15, 0.2) is 90.4 Å². The number of benzene rings is 3. The summed E-state index contributed by atoms with van der Waals surface area (Å²) in [6.07, 6.45) is 1.52. The molecule has 7 heteroatoms. The Balaban J connectivity index is 1.78. The van der Waals surface area contributed by atoms with Gasteiger partial charge in [-0.3, -0.25) is 4.98 Å². The highest BCUT2D eigenvalue weighted by Gasteiger charge is 2.30. The SMILES string of the molecule is O=P(Cc1cnc2c(F)c(F)c(F)cc2c1-c1cccs1)(c1ccccc1)c1ccccc1. The zero-order valence-corrected chi connectivity index (χ0v) is 18.9. The lowest BCUT2D eigenvalue weighted by molar-refractivity contribution is 0.452. The van der Waals surface area contributed by atoms with Gasteiger partial charge >= 0.3 is 0 Å². The lowest BCUT2D eigenvalue weighted by Crippen LogP contribution is -2.18. The molecule has 0 aliphatic heterocycles. The van der Waals surface area contributed by atoms with E-state index in [2.05, 4.69) is 4.98 Å². The first-order valence-corrected chi connectivity index (χ1v) is 13.0. The van der Waals surface area contributed by atoms with Crippen LogP contribution in [0.25, 0.3) is 21.3 Å². The molecular formula is C26H17F3NOPS. The number of rotatable bonds is 5. The normalized spacial score (nSPS) is 11.7. The smallest absolute Gasteiger partial charge is 0.196 e. The van der Waals surface area contributed by atoms with E-state index in [4.69, 9.17) is 0 Å². The molecule has 0 aliphatic carbocycles. The molecule has 0 amide bonds. The second-order valence-electron chi connectivity index (χ2n) is 7.59. The van der Waals surface area contributed by atoms with Crippen LogP contribution in [0.1, 0.15) is 5.56 Å². The minimum absolute atomic E-state index is 0.0951. The van der Waals surface area contributed by atoms with E-state index in [0.29, 0.717) is 21.7 Å². The van der Waals surface area contributed by atoms with Crippen LogP contribution >= 0.6 is 18.5 Å². The van der Waals surface area contributed by atoms with E-state index >= 15 is 0 Å². The third-order valence-corrected chi connectivity index (χ3v) is 9.52. The quantitative estimate of drug-likeness (QED) is 0.203. The monoisotopic (exact) mass is 479 g/mol. The number of hydrogen-bond donors (Lipinski definition) is 0. The van der Waals surface area contributed by atoms with Crippen LogP contribution in [0.3, 0.4) is 0 Å². The van der Waals surface area contributed by atoms with Crippen molar-refractivity contribution in [1.82, 2.24) is 4.98 Å². The second kappa shape index (κ2) is 8.62. The molecule has 5 aromatic rings. The fourth-order valence-electron chi connectivity index (χ4n) is 4.02. The van der Waals surface area contributed by atoms with Crippen molar-refractivity contribution < 1.29 is 17.7 Å². The molecule has 0 bridgehead atoms. The number of thiophene rings is 1. The topological polar surface area (TPSA) is 30.0 Å². The standard InChI is InChI=1S/C26H17F3NOPS/c27-21-14-20-23(22-12-7-13-33-22)17(15-30-26(20)25(29)24(21)28)16-32(31,18-8-3-1-4-9-18)19-10-5-2-6-11-19/h1-15H,16H2. The average molecular weight is 479 g/mol. The molecule has 2 aromatic heterocycles. The molecule has 0 aliphatic rings. The zero-order chi connectivity index (χ0) is 23.0. The van der Waals surface area contributed by atoms with Crippen LogP contribution in [-0.2, 0) is 10.7 Å². The number of hydrogen-bond acceptors (Lipinski definition) is 3. The van der Waals surface area contributed by atoms with Gasteiger partial charge < -0.3 is 4.57 Å². The summed E-state index contributed by atoms with van der Waals surface area (Å²) in [5.74, 6) is -4.17. The van der Waals surface area contributed by atoms with E-state index in [1.165, 1.54) is 17.5 Å². The largest absolute Gasteiger partial charge is 0.313 e. The van der Waals surface area contributed by atoms with Gasteiger partial charge in [-0.1, -0.05) is 66.7 Å².